The molecule has 0 amide bonds. The molecule has 0 atom stereocenters. The fraction of sp³-hybridized carbons (Fsp3) is 0.857. The van der Waals surface area contributed by atoms with E-state index in [0.717, 1.165) is 37.1 Å². The third kappa shape index (κ3) is 3.34. The first-order valence-corrected chi connectivity index (χ1v) is 7.31. The van der Waals surface area contributed by atoms with Crippen LogP contribution in [0.3, 0.4) is 0 Å². The fourth-order valence-electron chi connectivity index (χ4n) is 2.70. The molecule has 1 aliphatic rings. The second kappa shape index (κ2) is 6.48. The van der Waals surface area contributed by atoms with Gasteiger partial charge >= 0.3 is 0 Å². The maximum atomic E-state index is 5.99. The van der Waals surface area contributed by atoms with Gasteiger partial charge in [-0.15, -0.1) is 0 Å². The minimum atomic E-state index is -0.0939. The van der Waals surface area contributed by atoms with Crippen LogP contribution in [0.5, 0.6) is 0 Å². The van der Waals surface area contributed by atoms with Gasteiger partial charge in [0.25, 0.3) is 0 Å². The molecule has 2 N–H and O–H groups in total. The average Bonchev–Trinajstić information content (AvgIpc) is 2.90. The summed E-state index contributed by atoms with van der Waals surface area (Å²) in [6.07, 6.45) is 5.19. The number of aromatic nitrogens is 2. The van der Waals surface area contributed by atoms with E-state index in [2.05, 4.69) is 17.1 Å². The van der Waals surface area contributed by atoms with Crippen LogP contribution in [0, 0.1) is 5.92 Å². The van der Waals surface area contributed by atoms with Crippen molar-refractivity contribution in [1.82, 2.24) is 10.1 Å². The van der Waals surface area contributed by atoms with Crippen molar-refractivity contribution in [2.75, 3.05) is 19.8 Å². The van der Waals surface area contributed by atoms with Crippen molar-refractivity contribution < 1.29 is 9.26 Å². The molecule has 1 saturated carbocycles. The van der Waals surface area contributed by atoms with Crippen LogP contribution in [0.15, 0.2) is 4.52 Å². The number of hydrogen-bond donors (Lipinski definition) is 1. The van der Waals surface area contributed by atoms with Gasteiger partial charge < -0.3 is 15.0 Å². The minimum absolute atomic E-state index is 0.0939. The van der Waals surface area contributed by atoms with Crippen molar-refractivity contribution in [1.29, 1.82) is 0 Å². The molecule has 0 spiro atoms. The number of nitrogens with zero attached hydrogens (tertiary/aromatic N) is 2. The van der Waals surface area contributed by atoms with Gasteiger partial charge in [0, 0.05) is 19.6 Å². The predicted molar refractivity (Wildman–Crippen MR) is 72.9 cm³/mol. The molecule has 5 nitrogen and oxygen atoms in total. The van der Waals surface area contributed by atoms with Crippen LogP contribution in [-0.2, 0) is 16.6 Å². The van der Waals surface area contributed by atoms with E-state index in [1.807, 2.05) is 6.92 Å². The molecule has 19 heavy (non-hydrogen) atoms. The van der Waals surface area contributed by atoms with Gasteiger partial charge in [-0.05, 0) is 38.5 Å². The minimum Gasteiger partial charge on any atom is -0.381 e. The highest BCUT2D eigenvalue weighted by Gasteiger charge is 2.39. The van der Waals surface area contributed by atoms with E-state index in [4.69, 9.17) is 15.0 Å². The lowest BCUT2D eigenvalue weighted by Gasteiger charge is -2.35. The van der Waals surface area contributed by atoms with Crippen LogP contribution < -0.4 is 5.73 Å². The Hall–Kier alpha value is -0.940. The zero-order valence-electron chi connectivity index (χ0n) is 12.0. The van der Waals surface area contributed by atoms with Crippen LogP contribution in [0.4, 0.5) is 0 Å². The molecule has 2 rings (SSSR count). The molecule has 108 valence electrons. The van der Waals surface area contributed by atoms with E-state index < -0.39 is 0 Å². The Morgan fingerprint density at radius 1 is 1.42 bits per heavy atom. The quantitative estimate of drug-likeness (QED) is 0.798. The van der Waals surface area contributed by atoms with Crippen LogP contribution in [0.1, 0.15) is 51.2 Å². The Bertz CT molecular complexity index is 384. The molecule has 1 aliphatic carbocycles. The molecule has 1 heterocycles. The van der Waals surface area contributed by atoms with Gasteiger partial charge in [-0.25, -0.2) is 0 Å². The summed E-state index contributed by atoms with van der Waals surface area (Å²) < 4.78 is 10.8. The number of nitrogens with two attached hydrogens (primary N) is 1. The monoisotopic (exact) mass is 267 g/mol. The molecule has 0 bridgehead atoms. The van der Waals surface area contributed by atoms with Gasteiger partial charge in [0.2, 0.25) is 5.89 Å². The summed E-state index contributed by atoms with van der Waals surface area (Å²) in [6, 6.07) is 0. The molecule has 1 fully saturated rings. The molecule has 5 heteroatoms. The molecular weight excluding hydrogens is 242 g/mol. The smallest absolute Gasteiger partial charge is 0.234 e. The summed E-state index contributed by atoms with van der Waals surface area (Å²) in [4.78, 5) is 4.54. The Labute approximate surface area is 114 Å². The van der Waals surface area contributed by atoms with Crippen LogP contribution >= 0.6 is 0 Å². The summed E-state index contributed by atoms with van der Waals surface area (Å²) in [7, 11) is 0. The summed E-state index contributed by atoms with van der Waals surface area (Å²) in [5.74, 6) is 2.24. The number of hydrogen-bond acceptors (Lipinski definition) is 5. The van der Waals surface area contributed by atoms with Crippen molar-refractivity contribution in [2.24, 2.45) is 11.7 Å². The lowest BCUT2D eigenvalue weighted by Crippen LogP contribution is -2.39. The Kier molecular flexibility index (Phi) is 4.93. The van der Waals surface area contributed by atoms with Crippen LogP contribution in [0.2, 0.25) is 0 Å². The number of ether oxygens (including phenoxy) is 1. The molecule has 1 aromatic heterocycles. The van der Waals surface area contributed by atoms with Crippen LogP contribution in [0.25, 0.3) is 0 Å². The molecular formula is C14H25N3O2. The molecule has 0 aromatic carbocycles. The normalized spacial score (nSPS) is 27.6. The average molecular weight is 267 g/mol. The second-order valence-corrected chi connectivity index (χ2v) is 5.63. The molecule has 1 aromatic rings. The first kappa shape index (κ1) is 14.5. The Morgan fingerprint density at radius 3 is 2.79 bits per heavy atom. The molecule has 0 unspecified atom stereocenters. The van der Waals surface area contributed by atoms with Crippen molar-refractivity contribution >= 4 is 0 Å². The summed E-state index contributed by atoms with van der Waals surface area (Å²) in [5, 5.41) is 4.05. The van der Waals surface area contributed by atoms with E-state index in [0.29, 0.717) is 19.6 Å². The Morgan fingerprint density at radius 2 is 2.16 bits per heavy atom. The van der Waals surface area contributed by atoms with Gasteiger partial charge in [-0.3, -0.25) is 0 Å². The fourth-order valence-corrected chi connectivity index (χ4v) is 2.70. The first-order valence-electron chi connectivity index (χ1n) is 7.31. The predicted octanol–water partition coefficient (Wildman–Crippen LogP) is 2.06. The van der Waals surface area contributed by atoms with Gasteiger partial charge in [0.15, 0.2) is 5.82 Å². The first-order chi connectivity index (χ1) is 9.20. The van der Waals surface area contributed by atoms with E-state index in [-0.39, 0.29) is 5.41 Å². The van der Waals surface area contributed by atoms with E-state index >= 15 is 0 Å². The van der Waals surface area contributed by atoms with Crippen molar-refractivity contribution in [3.05, 3.63) is 11.7 Å². The van der Waals surface area contributed by atoms with Crippen molar-refractivity contribution in [3.8, 4) is 0 Å². The van der Waals surface area contributed by atoms with E-state index in [1.54, 1.807) is 0 Å². The topological polar surface area (TPSA) is 74.2 Å². The standard InChI is InChI=1S/C14H25N3O2/c1-3-18-9-6-12-16-13(19-17-12)14(10-15)7-4-11(2)5-8-14/h11H,3-10,15H2,1-2H3. The molecule has 0 saturated heterocycles. The molecule has 0 radical (unpaired) electrons. The van der Waals surface area contributed by atoms with Crippen molar-refractivity contribution in [3.63, 3.8) is 0 Å². The van der Waals surface area contributed by atoms with Gasteiger partial charge in [-0.2, -0.15) is 4.98 Å². The molecule has 0 aliphatic heterocycles. The zero-order valence-corrected chi connectivity index (χ0v) is 12.0. The highest BCUT2D eigenvalue weighted by atomic mass is 16.5. The lowest BCUT2D eigenvalue weighted by molar-refractivity contribution is 0.149. The Balaban J connectivity index is 2.02. The number of rotatable bonds is 6. The highest BCUT2D eigenvalue weighted by Crippen LogP contribution is 2.39. The summed E-state index contributed by atoms with van der Waals surface area (Å²) >= 11 is 0. The highest BCUT2D eigenvalue weighted by molar-refractivity contribution is 5.08. The van der Waals surface area contributed by atoms with Crippen molar-refractivity contribution in [2.45, 2.75) is 51.4 Å². The van der Waals surface area contributed by atoms with Gasteiger partial charge in [-0.1, -0.05) is 12.1 Å². The lowest BCUT2D eigenvalue weighted by atomic mass is 9.71. The van der Waals surface area contributed by atoms with Gasteiger partial charge in [0.1, 0.15) is 0 Å². The SMILES string of the molecule is CCOCCc1noc(C2(CN)CCC(C)CC2)n1. The van der Waals surface area contributed by atoms with E-state index in [9.17, 15) is 0 Å². The van der Waals surface area contributed by atoms with E-state index in [1.165, 1.54) is 12.8 Å². The summed E-state index contributed by atoms with van der Waals surface area (Å²) in [6.45, 7) is 6.22. The summed E-state index contributed by atoms with van der Waals surface area (Å²) in [5.41, 5.74) is 5.90. The third-order valence-electron chi connectivity index (χ3n) is 4.22. The maximum Gasteiger partial charge on any atom is 0.234 e. The zero-order chi connectivity index (χ0) is 13.7. The van der Waals surface area contributed by atoms with Crippen LogP contribution in [-0.4, -0.2) is 29.9 Å². The second-order valence-electron chi connectivity index (χ2n) is 5.63. The third-order valence-corrected chi connectivity index (χ3v) is 4.22. The largest absolute Gasteiger partial charge is 0.381 e. The van der Waals surface area contributed by atoms with Gasteiger partial charge in [0.05, 0.1) is 12.0 Å². The maximum absolute atomic E-state index is 5.99.